The fraction of sp³-hybridized carbons (Fsp3) is 0.508. The zero-order valence-corrected chi connectivity index (χ0v) is 49.8. The van der Waals surface area contributed by atoms with Crippen LogP contribution >= 0.6 is 11.3 Å². The summed E-state index contributed by atoms with van der Waals surface area (Å²) in [5.74, 6) is 1.85. The number of nitrogens with one attached hydrogen (secondary N) is 2. The van der Waals surface area contributed by atoms with Gasteiger partial charge in [0, 0.05) is 97.9 Å². The van der Waals surface area contributed by atoms with E-state index in [0.29, 0.717) is 71.7 Å². The summed E-state index contributed by atoms with van der Waals surface area (Å²) in [4.78, 5) is 66.1. The van der Waals surface area contributed by atoms with Crippen LogP contribution in [-0.2, 0) is 36.8 Å². The molecular weight excluding hydrogens is 1080 g/mol. The van der Waals surface area contributed by atoms with Crippen molar-refractivity contribution in [1.29, 1.82) is 0 Å². The third-order valence-corrected chi connectivity index (χ3v) is 18.6. The molecule has 1 aliphatic carbocycles. The topological polar surface area (TPSA) is 187 Å². The zero-order chi connectivity index (χ0) is 58.1. The molecule has 6 heterocycles. The number of rotatable bonds is 22. The molecule has 0 radical (unpaired) electrons. The number of thiazole rings is 1. The predicted octanol–water partition coefficient (Wildman–Crippen LogP) is 8.69. The third kappa shape index (κ3) is 13.6. The molecule has 3 amide bonds. The number of anilines is 2. The highest BCUT2D eigenvalue weighted by Gasteiger charge is 2.40. The number of carbonyl (C=O) groups is 3. The van der Waals surface area contributed by atoms with Gasteiger partial charge in [-0.2, -0.15) is 9.97 Å². The van der Waals surface area contributed by atoms with Gasteiger partial charge in [-0.25, -0.2) is 4.98 Å². The Balaban J connectivity index is 0.637. The molecule has 1 saturated carbocycles. The van der Waals surface area contributed by atoms with Gasteiger partial charge in [-0.05, 0) is 107 Å². The molecule has 19 heteroatoms. The summed E-state index contributed by atoms with van der Waals surface area (Å²) in [6.45, 7) is 16.3. The Morgan fingerprint density at radius 1 is 0.798 bits per heavy atom. The van der Waals surface area contributed by atoms with Crippen molar-refractivity contribution >= 4 is 62.1 Å². The van der Waals surface area contributed by atoms with Crippen LogP contribution in [0.15, 0.2) is 90.8 Å². The Hall–Kier alpha value is -6.90. The first-order valence-corrected chi connectivity index (χ1v) is 31.4. The molecule has 4 fully saturated rings. The lowest BCUT2D eigenvalue weighted by Gasteiger charge is -2.38. The van der Waals surface area contributed by atoms with E-state index in [0.717, 1.165) is 150 Å². The number of hydrogen-bond donors (Lipinski definition) is 3. The summed E-state index contributed by atoms with van der Waals surface area (Å²) in [5.41, 5.74) is 4.88. The van der Waals surface area contributed by atoms with Crippen LogP contribution in [0.4, 0.5) is 11.5 Å². The third-order valence-electron chi connectivity index (χ3n) is 17.7. The molecule has 18 nitrogen and oxygen atoms in total. The Labute approximate surface area is 497 Å². The number of likely N-dealkylation sites (N-methyl/N-ethyl adjacent to an activating group) is 1. The summed E-state index contributed by atoms with van der Waals surface area (Å²) in [5, 5.41) is 24.0. The molecule has 4 aromatic carbocycles. The highest BCUT2D eigenvalue weighted by atomic mass is 32.1. The van der Waals surface area contributed by atoms with Crippen molar-refractivity contribution in [3.8, 4) is 28.8 Å². The molecule has 11 rings (SSSR count). The number of aromatic hydroxyl groups is 1. The number of likely N-dealkylation sites (tertiary alicyclic amines) is 2. The highest BCUT2D eigenvalue weighted by molar-refractivity contribution is 7.10. The molecule has 3 N–H and O–H groups in total. The van der Waals surface area contributed by atoms with E-state index in [1.54, 1.807) is 24.5 Å². The number of ether oxygens (including phenoxy) is 4. The van der Waals surface area contributed by atoms with Crippen molar-refractivity contribution in [3.05, 3.63) is 107 Å². The molecule has 0 spiro atoms. The smallest absolute Gasteiger partial charge is 0.318 e. The lowest BCUT2D eigenvalue weighted by atomic mass is 9.83. The average molecular weight is 1160 g/mol. The first-order valence-electron chi connectivity index (χ1n) is 30.5. The maximum Gasteiger partial charge on any atom is 0.318 e. The van der Waals surface area contributed by atoms with E-state index in [1.807, 2.05) is 59.2 Å². The Kier molecular flexibility index (Phi) is 19.2. The number of carbonyl (C=O) groups excluding carboxylic acids is 3. The van der Waals surface area contributed by atoms with E-state index in [9.17, 15) is 19.5 Å². The second-order valence-electron chi connectivity index (χ2n) is 23.2. The van der Waals surface area contributed by atoms with Crippen LogP contribution in [0.5, 0.6) is 17.5 Å². The minimum Gasteiger partial charge on any atom is -0.508 e. The molecule has 84 heavy (non-hydrogen) atoms. The van der Waals surface area contributed by atoms with E-state index in [-0.39, 0.29) is 53.7 Å². The molecule has 5 aliphatic rings. The summed E-state index contributed by atoms with van der Waals surface area (Å²) in [6, 6.07) is 23.4. The number of hydrogen-bond acceptors (Lipinski definition) is 16. The number of fused-ring (bicyclic) bond motifs is 3. The summed E-state index contributed by atoms with van der Waals surface area (Å²) in [7, 11) is 1.77. The first kappa shape index (κ1) is 58.9. The fourth-order valence-electron chi connectivity index (χ4n) is 13.0. The maximum atomic E-state index is 14.4. The van der Waals surface area contributed by atoms with Crippen LogP contribution < -0.4 is 29.9 Å². The Bertz CT molecular complexity index is 3270. The number of nitrogens with zero attached hydrogens (tertiary/aromatic N) is 8. The normalized spacial score (nSPS) is 19.3. The van der Waals surface area contributed by atoms with Gasteiger partial charge in [-0.3, -0.25) is 19.3 Å². The van der Waals surface area contributed by atoms with Gasteiger partial charge in [0.25, 0.3) is 0 Å². The van der Waals surface area contributed by atoms with Gasteiger partial charge in [0.1, 0.15) is 41.1 Å². The summed E-state index contributed by atoms with van der Waals surface area (Å²) in [6.07, 6.45) is 10.9. The number of amides is 3. The number of aromatic nitrogens is 3. The van der Waals surface area contributed by atoms with Crippen LogP contribution in [0.2, 0.25) is 0 Å². The Morgan fingerprint density at radius 3 is 2.35 bits per heavy atom. The quantitative estimate of drug-likeness (QED) is 0.0433. The largest absolute Gasteiger partial charge is 0.508 e. The van der Waals surface area contributed by atoms with Crippen LogP contribution in [0.3, 0.4) is 0 Å². The second kappa shape index (κ2) is 27.4. The van der Waals surface area contributed by atoms with Gasteiger partial charge >= 0.3 is 6.01 Å². The maximum absolute atomic E-state index is 14.4. The first-order chi connectivity index (χ1) is 41.0. The summed E-state index contributed by atoms with van der Waals surface area (Å²) >= 11 is 1.60. The van der Waals surface area contributed by atoms with Gasteiger partial charge in [0.05, 0.1) is 55.9 Å². The minimum absolute atomic E-state index is 0.0176. The molecule has 4 aliphatic heterocycles. The highest BCUT2D eigenvalue weighted by Crippen LogP contribution is 2.41. The number of piperazine rings is 1. The molecule has 3 saturated heterocycles. The lowest BCUT2D eigenvalue weighted by Crippen LogP contribution is -2.55. The van der Waals surface area contributed by atoms with Gasteiger partial charge in [0.15, 0.2) is 0 Å². The SMILES string of the molecule is C=CC(=O)N1CCN(c2nc(O[C@H](C)CN3CCC(OCCOCCOc4ccc(-c5csc([C@@H]6CCCN6C(=O)C(NC(=O)[C@H](C)NC)C6CCCCC6)n5)c5ccccc45)CC3)nc3c2CCN(c2cc(O)cc4ccccc24)C3)CC1. The number of phenols is 1. The zero-order valence-electron chi connectivity index (χ0n) is 49.0. The van der Waals surface area contributed by atoms with Crippen molar-refractivity contribution < 1.29 is 38.4 Å². The number of piperidine rings is 1. The lowest BCUT2D eigenvalue weighted by molar-refractivity contribution is -0.139. The minimum atomic E-state index is -0.531. The van der Waals surface area contributed by atoms with Crippen molar-refractivity contribution in [2.75, 3.05) is 102 Å². The number of benzene rings is 4. The van der Waals surface area contributed by atoms with Gasteiger partial charge in [-0.15, -0.1) is 11.3 Å². The van der Waals surface area contributed by atoms with E-state index in [1.165, 1.54) is 12.5 Å². The average Bonchev–Trinajstić information content (AvgIpc) is 4.35. The van der Waals surface area contributed by atoms with E-state index in [4.69, 9.17) is 33.9 Å². The molecule has 2 aromatic heterocycles. The van der Waals surface area contributed by atoms with Crippen LogP contribution in [0.25, 0.3) is 32.8 Å². The molecule has 6 aromatic rings. The van der Waals surface area contributed by atoms with Gasteiger partial charge in [0.2, 0.25) is 17.7 Å². The predicted molar refractivity (Wildman–Crippen MR) is 329 cm³/mol. The van der Waals surface area contributed by atoms with Crippen LogP contribution in [-0.4, -0.2) is 169 Å². The van der Waals surface area contributed by atoms with E-state index >= 15 is 0 Å². The molecular formula is C65H82N10O8S. The Morgan fingerprint density at radius 2 is 1.56 bits per heavy atom. The summed E-state index contributed by atoms with van der Waals surface area (Å²) < 4.78 is 25.2. The van der Waals surface area contributed by atoms with Gasteiger partial charge < -0.3 is 54.3 Å². The fourth-order valence-corrected chi connectivity index (χ4v) is 14.0. The van der Waals surface area contributed by atoms with Crippen molar-refractivity contribution in [2.24, 2.45) is 5.92 Å². The van der Waals surface area contributed by atoms with Crippen molar-refractivity contribution in [3.63, 3.8) is 0 Å². The van der Waals surface area contributed by atoms with Crippen molar-refractivity contribution in [1.82, 2.24) is 40.3 Å². The second-order valence-corrected chi connectivity index (χ2v) is 24.1. The van der Waals surface area contributed by atoms with Gasteiger partial charge in [-0.1, -0.05) is 74.4 Å². The van der Waals surface area contributed by atoms with E-state index in [2.05, 4.69) is 68.5 Å². The molecule has 0 bridgehead atoms. The number of phenolic OH excluding ortho intramolecular Hbond substituents is 1. The van der Waals surface area contributed by atoms with Crippen LogP contribution in [0.1, 0.15) is 93.9 Å². The van der Waals surface area contributed by atoms with Crippen LogP contribution in [0, 0.1) is 5.92 Å². The molecule has 446 valence electrons. The molecule has 4 atom stereocenters. The van der Waals surface area contributed by atoms with Crippen molar-refractivity contribution in [2.45, 2.75) is 115 Å². The standard InChI is InChI=1S/C65H82N10O8S/c1-5-59(77)72-30-32-73(33-31-72)61-53-25-29-74(57-39-47(76)38-46-16-9-10-17-49(46)57)41-54(53)68-65(70-61)83-43(2)40-71-27-23-48(24-28-71)81-36-34-80-35-37-82-58-22-21-51(50-18-11-12-19-52(50)58)55-42-84-63(67-55)56-20-13-26-75(56)64(79)60(45-14-7-6-8-15-45)69-62(78)44(3)66-4/h5,9-12,16-19,21-22,38-39,42-45,48,56,60,66,76H,1,6-8,13-15,20,23-37,40-41H2,2-4H3,(H,69,78)/t43-,44+,56+,60?/m1/s1. The monoisotopic (exact) mass is 1160 g/mol. The molecule has 1 unspecified atom stereocenters. The van der Waals surface area contributed by atoms with E-state index < -0.39 is 6.04 Å².